The summed E-state index contributed by atoms with van der Waals surface area (Å²) in [4.78, 5) is 9.05. The second kappa shape index (κ2) is 7.12. The summed E-state index contributed by atoms with van der Waals surface area (Å²) >= 11 is 0. The van der Waals surface area contributed by atoms with Crippen LogP contribution in [0, 0.1) is 0 Å². The van der Waals surface area contributed by atoms with E-state index in [2.05, 4.69) is 20.3 Å². The highest BCUT2D eigenvalue weighted by Gasteiger charge is 2.28. The molecule has 0 spiro atoms. The van der Waals surface area contributed by atoms with Gasteiger partial charge in [0.25, 0.3) is 0 Å². The van der Waals surface area contributed by atoms with Gasteiger partial charge in [-0.1, -0.05) is 0 Å². The Bertz CT molecular complexity index is 940. The summed E-state index contributed by atoms with van der Waals surface area (Å²) in [5.41, 5.74) is 12.4. The first-order valence-corrected chi connectivity index (χ1v) is 8.82. The summed E-state index contributed by atoms with van der Waals surface area (Å²) in [5, 5.41) is 18.0. The average molecular weight is 375 g/mol. The Morgan fingerprint density at radius 3 is 2.67 bits per heavy atom. The molecule has 27 heavy (non-hydrogen) atoms. The quantitative estimate of drug-likeness (QED) is 0.557. The van der Waals surface area contributed by atoms with E-state index in [1.165, 1.54) is 0 Å². The number of imidazole rings is 1. The molecule has 0 fully saturated rings. The first kappa shape index (κ1) is 19.1. The van der Waals surface area contributed by atoms with E-state index in [4.69, 9.17) is 20.8 Å². The number of nitrogens with two attached hydrogens (primary N) is 2. The Balaban J connectivity index is 2.23. The van der Waals surface area contributed by atoms with E-state index in [0.29, 0.717) is 53.6 Å². The van der Waals surface area contributed by atoms with Gasteiger partial charge in [-0.15, -0.1) is 0 Å². The molecular weight excluding hydrogens is 350 g/mol. The van der Waals surface area contributed by atoms with Gasteiger partial charge in [-0.3, -0.25) is 4.98 Å². The molecule has 3 aromatic rings. The fourth-order valence-corrected chi connectivity index (χ4v) is 2.86. The Kier molecular flexibility index (Phi) is 5.03. The number of aromatic nitrogens is 5. The van der Waals surface area contributed by atoms with Crippen LogP contribution in [0.2, 0.25) is 0 Å². The minimum Gasteiger partial charge on any atom is -0.490 e. The Hall–Kier alpha value is -2.72. The van der Waals surface area contributed by atoms with Gasteiger partial charge in [0.15, 0.2) is 23.1 Å². The Morgan fingerprint density at radius 2 is 2.11 bits per heavy atom. The number of aliphatic hydroxyl groups is 1. The van der Waals surface area contributed by atoms with Crippen LogP contribution in [0.4, 0.5) is 5.82 Å². The molecule has 5 N–H and O–H groups in total. The standard InChI is InChI=1S/C17H25N7O3/c1-5-24-13-10(26-7-6-9(2)18)8-20-14(17(3,4)25)11(13)21-16(24)12-15(19)23-27-22-12/h8-9,25H,5-7,18H2,1-4H3,(H2,19,23)/t9-/m0/s1. The summed E-state index contributed by atoms with van der Waals surface area (Å²) in [7, 11) is 0. The molecule has 0 bridgehead atoms. The van der Waals surface area contributed by atoms with Crippen LogP contribution < -0.4 is 16.2 Å². The van der Waals surface area contributed by atoms with Crippen molar-refractivity contribution in [3.63, 3.8) is 0 Å². The minimum absolute atomic E-state index is 0.0248. The summed E-state index contributed by atoms with van der Waals surface area (Å²) in [6.07, 6.45) is 2.29. The van der Waals surface area contributed by atoms with E-state index >= 15 is 0 Å². The number of pyridine rings is 1. The van der Waals surface area contributed by atoms with Gasteiger partial charge in [-0.2, -0.15) is 0 Å². The van der Waals surface area contributed by atoms with Gasteiger partial charge < -0.3 is 25.9 Å². The highest BCUT2D eigenvalue weighted by molar-refractivity contribution is 5.88. The van der Waals surface area contributed by atoms with E-state index in [9.17, 15) is 5.11 Å². The Morgan fingerprint density at radius 1 is 1.37 bits per heavy atom. The number of hydrogen-bond donors (Lipinski definition) is 3. The maximum absolute atomic E-state index is 10.5. The lowest BCUT2D eigenvalue weighted by molar-refractivity contribution is 0.0753. The average Bonchev–Trinajstić information content (AvgIpc) is 3.16. The topological polar surface area (TPSA) is 151 Å². The number of ether oxygens (including phenoxy) is 1. The van der Waals surface area contributed by atoms with Crippen LogP contribution in [0.25, 0.3) is 22.6 Å². The summed E-state index contributed by atoms with van der Waals surface area (Å²) in [6, 6.07) is 0.0248. The van der Waals surface area contributed by atoms with Gasteiger partial charge in [0, 0.05) is 12.6 Å². The first-order valence-electron chi connectivity index (χ1n) is 8.82. The number of fused-ring (bicyclic) bond motifs is 1. The third-order valence-electron chi connectivity index (χ3n) is 4.19. The minimum atomic E-state index is -1.19. The fourth-order valence-electron chi connectivity index (χ4n) is 2.86. The second-order valence-corrected chi connectivity index (χ2v) is 7.02. The number of rotatable bonds is 7. The SMILES string of the molecule is CCn1c(-c2nonc2N)nc2c(C(C)(C)O)ncc(OCC[C@H](C)N)c21. The number of aryl methyl sites for hydroxylation is 1. The van der Waals surface area contributed by atoms with Gasteiger partial charge in [0.1, 0.15) is 16.6 Å². The molecule has 0 aliphatic heterocycles. The molecule has 0 aromatic carbocycles. The van der Waals surface area contributed by atoms with Crippen molar-refractivity contribution in [3.05, 3.63) is 11.9 Å². The molecule has 0 aliphatic rings. The summed E-state index contributed by atoms with van der Waals surface area (Å²) in [6.45, 7) is 8.20. The molecule has 0 saturated carbocycles. The van der Waals surface area contributed by atoms with Crippen molar-refractivity contribution in [3.8, 4) is 17.3 Å². The van der Waals surface area contributed by atoms with Crippen molar-refractivity contribution in [2.45, 2.75) is 52.3 Å². The van der Waals surface area contributed by atoms with Crippen LogP contribution in [0.5, 0.6) is 5.75 Å². The van der Waals surface area contributed by atoms with E-state index in [0.717, 1.165) is 0 Å². The number of nitrogens with zero attached hydrogens (tertiary/aromatic N) is 5. The van der Waals surface area contributed by atoms with E-state index in [1.54, 1.807) is 20.0 Å². The highest BCUT2D eigenvalue weighted by atomic mass is 16.6. The fraction of sp³-hybridized carbons (Fsp3) is 0.529. The largest absolute Gasteiger partial charge is 0.490 e. The number of anilines is 1. The van der Waals surface area contributed by atoms with E-state index in [-0.39, 0.29) is 11.9 Å². The van der Waals surface area contributed by atoms with Gasteiger partial charge in [0.05, 0.1) is 18.5 Å². The highest BCUT2D eigenvalue weighted by Crippen LogP contribution is 2.36. The van der Waals surface area contributed by atoms with Crippen LogP contribution in [-0.2, 0) is 12.1 Å². The zero-order chi connectivity index (χ0) is 19.8. The molecule has 3 heterocycles. The molecule has 146 valence electrons. The monoisotopic (exact) mass is 375 g/mol. The van der Waals surface area contributed by atoms with Gasteiger partial charge >= 0.3 is 0 Å². The second-order valence-electron chi connectivity index (χ2n) is 7.02. The lowest BCUT2D eigenvalue weighted by atomic mass is 10.0. The molecule has 10 nitrogen and oxygen atoms in total. The number of hydrogen-bond acceptors (Lipinski definition) is 9. The number of nitrogen functional groups attached to an aromatic ring is 1. The van der Waals surface area contributed by atoms with Crippen molar-refractivity contribution in [1.82, 2.24) is 24.8 Å². The van der Waals surface area contributed by atoms with Gasteiger partial charge in [-0.05, 0) is 44.4 Å². The zero-order valence-corrected chi connectivity index (χ0v) is 15.9. The smallest absolute Gasteiger partial charge is 0.199 e. The van der Waals surface area contributed by atoms with Crippen molar-refractivity contribution in [1.29, 1.82) is 0 Å². The van der Waals surface area contributed by atoms with Crippen molar-refractivity contribution < 1.29 is 14.5 Å². The molecule has 0 radical (unpaired) electrons. The van der Waals surface area contributed by atoms with Crippen molar-refractivity contribution in [2.24, 2.45) is 5.73 Å². The maximum Gasteiger partial charge on any atom is 0.199 e. The lowest BCUT2D eigenvalue weighted by Crippen LogP contribution is -2.19. The summed E-state index contributed by atoms with van der Waals surface area (Å²) in [5.74, 6) is 1.16. The lowest BCUT2D eigenvalue weighted by Gasteiger charge is -2.18. The molecule has 10 heteroatoms. The van der Waals surface area contributed by atoms with Crippen molar-refractivity contribution >= 4 is 16.9 Å². The zero-order valence-electron chi connectivity index (χ0n) is 15.9. The molecular formula is C17H25N7O3. The summed E-state index contributed by atoms with van der Waals surface area (Å²) < 4.78 is 12.5. The van der Waals surface area contributed by atoms with Crippen LogP contribution in [-0.4, -0.2) is 42.6 Å². The normalized spacial score (nSPS) is 13.3. The van der Waals surface area contributed by atoms with Crippen LogP contribution in [0.15, 0.2) is 10.8 Å². The molecule has 3 rings (SSSR count). The molecule has 0 amide bonds. The van der Waals surface area contributed by atoms with Crippen LogP contribution >= 0.6 is 0 Å². The molecule has 0 aliphatic carbocycles. The van der Waals surface area contributed by atoms with E-state index in [1.807, 2.05) is 18.4 Å². The third-order valence-corrected chi connectivity index (χ3v) is 4.19. The Labute approximate surface area is 156 Å². The first-order chi connectivity index (χ1) is 12.7. The predicted octanol–water partition coefficient (Wildman–Crippen LogP) is 1.43. The molecule has 3 aromatic heterocycles. The van der Waals surface area contributed by atoms with E-state index < -0.39 is 5.60 Å². The predicted molar refractivity (Wildman–Crippen MR) is 99.9 cm³/mol. The van der Waals surface area contributed by atoms with Gasteiger partial charge in [-0.25, -0.2) is 9.61 Å². The molecule has 1 atom stereocenters. The molecule has 0 unspecified atom stereocenters. The third kappa shape index (κ3) is 3.58. The van der Waals surface area contributed by atoms with Crippen LogP contribution in [0.3, 0.4) is 0 Å². The maximum atomic E-state index is 10.5. The van der Waals surface area contributed by atoms with Crippen molar-refractivity contribution in [2.75, 3.05) is 12.3 Å². The van der Waals surface area contributed by atoms with Gasteiger partial charge in [0.2, 0.25) is 0 Å². The molecule has 0 saturated heterocycles. The van der Waals surface area contributed by atoms with Crippen LogP contribution in [0.1, 0.15) is 39.8 Å².